The summed E-state index contributed by atoms with van der Waals surface area (Å²) < 4.78 is 32.5. The molecule has 0 amide bonds. The molecular weight excluding hydrogens is 324 g/mol. The average Bonchev–Trinajstić information content (AvgIpc) is 2.64. The van der Waals surface area contributed by atoms with Gasteiger partial charge in [-0.25, -0.2) is 8.42 Å². The third-order valence-corrected chi connectivity index (χ3v) is 6.19. The average molecular weight is 347 g/mol. The summed E-state index contributed by atoms with van der Waals surface area (Å²) in [5.74, 6) is 0.877. The van der Waals surface area contributed by atoms with Crippen LogP contribution in [0.5, 0.6) is 5.75 Å². The second-order valence-corrected chi connectivity index (χ2v) is 7.82. The van der Waals surface area contributed by atoms with Gasteiger partial charge in [-0.05, 0) is 24.3 Å². The molecule has 1 aliphatic heterocycles. The number of ether oxygens (including phenoxy) is 1. The van der Waals surface area contributed by atoms with Crippen LogP contribution in [-0.4, -0.2) is 52.1 Å². The Kier molecular flexibility index (Phi) is 5.50. The van der Waals surface area contributed by atoms with Gasteiger partial charge in [-0.2, -0.15) is 4.31 Å². The first-order valence-corrected chi connectivity index (χ1v) is 9.67. The van der Waals surface area contributed by atoms with E-state index in [4.69, 9.17) is 4.74 Å². The lowest BCUT2D eigenvalue weighted by Crippen LogP contribution is -3.15. The van der Waals surface area contributed by atoms with E-state index in [1.165, 1.54) is 4.90 Å². The number of hydrogen-bond donors (Lipinski definition) is 1. The lowest BCUT2D eigenvalue weighted by atomic mass is 10.3. The normalized spacial score (nSPS) is 16.8. The third-order valence-electron chi connectivity index (χ3n) is 4.28. The number of para-hydroxylation sites is 1. The Bertz CT molecular complexity index is 727. The monoisotopic (exact) mass is 347 g/mol. The molecule has 0 aromatic heterocycles. The molecule has 0 aliphatic carbocycles. The van der Waals surface area contributed by atoms with Crippen molar-refractivity contribution in [2.75, 3.05) is 39.3 Å². The molecule has 0 bridgehead atoms. The quantitative estimate of drug-likeness (QED) is 0.835. The second kappa shape index (κ2) is 7.79. The molecule has 128 valence electrons. The molecule has 1 fully saturated rings. The first kappa shape index (κ1) is 17.0. The number of benzene rings is 2. The van der Waals surface area contributed by atoms with Crippen molar-refractivity contribution < 1.29 is 18.1 Å². The zero-order chi connectivity index (χ0) is 16.8. The maximum Gasteiger partial charge on any atom is 0.243 e. The van der Waals surface area contributed by atoms with E-state index >= 15 is 0 Å². The van der Waals surface area contributed by atoms with Gasteiger partial charge in [0.1, 0.15) is 18.9 Å². The Labute approximate surface area is 143 Å². The lowest BCUT2D eigenvalue weighted by Gasteiger charge is -2.31. The summed E-state index contributed by atoms with van der Waals surface area (Å²) in [6.45, 7) is 4.25. The molecule has 1 aliphatic rings. The van der Waals surface area contributed by atoms with E-state index in [1.807, 2.05) is 36.4 Å². The summed E-state index contributed by atoms with van der Waals surface area (Å²) in [6.07, 6.45) is 0. The summed E-state index contributed by atoms with van der Waals surface area (Å²) in [6, 6.07) is 18.4. The van der Waals surface area contributed by atoms with Crippen LogP contribution in [0.2, 0.25) is 0 Å². The van der Waals surface area contributed by atoms with E-state index in [1.54, 1.807) is 28.6 Å². The van der Waals surface area contributed by atoms with Crippen molar-refractivity contribution in [3.63, 3.8) is 0 Å². The summed E-state index contributed by atoms with van der Waals surface area (Å²) >= 11 is 0. The first-order valence-electron chi connectivity index (χ1n) is 8.23. The fourth-order valence-electron chi connectivity index (χ4n) is 2.86. The number of quaternary nitrogens is 1. The van der Waals surface area contributed by atoms with Crippen LogP contribution in [0.3, 0.4) is 0 Å². The van der Waals surface area contributed by atoms with Crippen molar-refractivity contribution in [2.24, 2.45) is 0 Å². The van der Waals surface area contributed by atoms with Crippen LogP contribution in [0.1, 0.15) is 0 Å². The van der Waals surface area contributed by atoms with Crippen LogP contribution < -0.4 is 9.64 Å². The van der Waals surface area contributed by atoms with Gasteiger partial charge in [-0.1, -0.05) is 36.4 Å². The number of rotatable bonds is 6. The SMILES string of the molecule is O=S(=O)(c1ccccc1)N1CC[NH+](CCOc2ccccc2)CC1. The van der Waals surface area contributed by atoms with E-state index in [9.17, 15) is 8.42 Å². The summed E-state index contributed by atoms with van der Waals surface area (Å²) in [7, 11) is -3.36. The van der Waals surface area contributed by atoms with Crippen molar-refractivity contribution in [3.05, 3.63) is 60.7 Å². The van der Waals surface area contributed by atoms with Gasteiger partial charge in [0.15, 0.2) is 0 Å². The predicted octanol–water partition coefficient (Wildman–Crippen LogP) is 0.655. The number of hydrogen-bond acceptors (Lipinski definition) is 3. The Balaban J connectivity index is 1.47. The van der Waals surface area contributed by atoms with Gasteiger partial charge in [0.2, 0.25) is 10.0 Å². The molecule has 1 N–H and O–H groups in total. The Morgan fingerprint density at radius 3 is 2.12 bits per heavy atom. The Hall–Kier alpha value is -1.89. The number of sulfonamides is 1. The largest absolute Gasteiger partial charge is 0.488 e. The number of nitrogens with zero attached hydrogens (tertiary/aromatic N) is 1. The first-order chi connectivity index (χ1) is 11.7. The van der Waals surface area contributed by atoms with Crippen molar-refractivity contribution in [1.29, 1.82) is 0 Å². The van der Waals surface area contributed by atoms with Crippen LogP contribution in [0.15, 0.2) is 65.6 Å². The van der Waals surface area contributed by atoms with Crippen LogP contribution in [0, 0.1) is 0 Å². The minimum atomic E-state index is -3.36. The molecule has 5 nitrogen and oxygen atoms in total. The van der Waals surface area contributed by atoms with Gasteiger partial charge < -0.3 is 9.64 Å². The van der Waals surface area contributed by atoms with Crippen molar-refractivity contribution in [2.45, 2.75) is 4.90 Å². The van der Waals surface area contributed by atoms with Crippen LogP contribution in [0.4, 0.5) is 0 Å². The molecule has 0 saturated carbocycles. The highest BCUT2D eigenvalue weighted by atomic mass is 32.2. The molecule has 0 spiro atoms. The molecule has 1 saturated heterocycles. The maximum atomic E-state index is 12.6. The van der Waals surface area contributed by atoms with Gasteiger partial charge in [-0.3, -0.25) is 0 Å². The molecule has 2 aromatic carbocycles. The highest BCUT2D eigenvalue weighted by Gasteiger charge is 2.29. The number of piperazine rings is 1. The minimum absolute atomic E-state index is 0.376. The molecule has 0 radical (unpaired) electrons. The molecule has 0 atom stereocenters. The fraction of sp³-hybridized carbons (Fsp3) is 0.333. The van der Waals surface area contributed by atoms with E-state index in [2.05, 4.69) is 0 Å². The molecule has 0 unspecified atom stereocenters. The topological polar surface area (TPSA) is 51.0 Å². The van der Waals surface area contributed by atoms with Gasteiger partial charge >= 0.3 is 0 Å². The van der Waals surface area contributed by atoms with E-state index in [0.29, 0.717) is 24.6 Å². The van der Waals surface area contributed by atoms with Gasteiger partial charge in [0, 0.05) is 0 Å². The van der Waals surface area contributed by atoms with Gasteiger partial charge in [0.25, 0.3) is 0 Å². The van der Waals surface area contributed by atoms with Crippen molar-refractivity contribution >= 4 is 10.0 Å². The van der Waals surface area contributed by atoms with Gasteiger partial charge in [-0.15, -0.1) is 0 Å². The lowest BCUT2D eigenvalue weighted by molar-refractivity contribution is -0.903. The summed E-state index contributed by atoms with van der Waals surface area (Å²) in [4.78, 5) is 1.76. The van der Waals surface area contributed by atoms with Crippen LogP contribution in [0.25, 0.3) is 0 Å². The van der Waals surface area contributed by atoms with Crippen molar-refractivity contribution in [1.82, 2.24) is 4.31 Å². The minimum Gasteiger partial charge on any atom is -0.488 e. The van der Waals surface area contributed by atoms with Crippen LogP contribution >= 0.6 is 0 Å². The fourth-order valence-corrected chi connectivity index (χ4v) is 4.33. The van der Waals surface area contributed by atoms with Crippen LogP contribution in [-0.2, 0) is 10.0 Å². The molecular formula is C18H23N2O3S+. The van der Waals surface area contributed by atoms with Crippen molar-refractivity contribution in [3.8, 4) is 5.75 Å². The molecule has 1 heterocycles. The smallest absolute Gasteiger partial charge is 0.243 e. The molecule has 6 heteroatoms. The zero-order valence-electron chi connectivity index (χ0n) is 13.6. The third kappa shape index (κ3) is 4.14. The maximum absolute atomic E-state index is 12.6. The highest BCUT2D eigenvalue weighted by Crippen LogP contribution is 2.14. The van der Waals surface area contributed by atoms with Gasteiger partial charge in [0.05, 0.1) is 31.1 Å². The summed E-state index contributed by atoms with van der Waals surface area (Å²) in [5, 5.41) is 0. The molecule has 3 rings (SSSR count). The standard InChI is InChI=1S/C18H22N2O3S/c21-24(22,18-9-5-2-6-10-18)20-13-11-19(12-14-20)15-16-23-17-7-3-1-4-8-17/h1-10H,11-16H2/p+1. The predicted molar refractivity (Wildman–Crippen MR) is 92.7 cm³/mol. The van der Waals surface area contributed by atoms with E-state index < -0.39 is 10.0 Å². The zero-order valence-corrected chi connectivity index (χ0v) is 14.4. The Morgan fingerprint density at radius 1 is 0.917 bits per heavy atom. The second-order valence-electron chi connectivity index (χ2n) is 5.88. The van der Waals surface area contributed by atoms with E-state index in [0.717, 1.165) is 25.4 Å². The molecule has 2 aromatic rings. The molecule has 24 heavy (non-hydrogen) atoms. The highest BCUT2D eigenvalue weighted by molar-refractivity contribution is 7.89. The number of nitrogens with one attached hydrogen (secondary N) is 1. The van der Waals surface area contributed by atoms with E-state index in [-0.39, 0.29) is 0 Å². The summed E-state index contributed by atoms with van der Waals surface area (Å²) in [5.41, 5.74) is 0. The Morgan fingerprint density at radius 2 is 1.50 bits per heavy atom.